The minimum atomic E-state index is -1.27. The number of rotatable bonds is 7. The van der Waals surface area contributed by atoms with Gasteiger partial charge in [0.2, 0.25) is 0 Å². The van der Waals surface area contributed by atoms with E-state index in [-0.39, 0.29) is 34.8 Å². The van der Waals surface area contributed by atoms with Crippen LogP contribution >= 0.6 is 0 Å². The number of piperidine rings is 3. The third-order valence-corrected chi connectivity index (χ3v) is 8.82. The van der Waals surface area contributed by atoms with Crippen molar-refractivity contribution in [2.45, 2.75) is 63.2 Å². The Labute approximate surface area is 228 Å². The quantitative estimate of drug-likeness (QED) is 0.440. The van der Waals surface area contributed by atoms with E-state index < -0.39 is 5.60 Å². The molecule has 1 aliphatic carbocycles. The summed E-state index contributed by atoms with van der Waals surface area (Å²) in [5.74, 6) is 1.94. The molecule has 0 radical (unpaired) electrons. The Morgan fingerprint density at radius 2 is 1.65 bits per heavy atom. The van der Waals surface area contributed by atoms with Gasteiger partial charge in [0.15, 0.2) is 18.2 Å². The summed E-state index contributed by atoms with van der Waals surface area (Å²) in [6.07, 6.45) is 7.59. The van der Waals surface area contributed by atoms with Crippen LogP contribution < -0.4 is 21.7 Å². The number of fused-ring (bicyclic) bond motifs is 3. The minimum absolute atomic E-state index is 0. The highest BCUT2D eigenvalue weighted by Crippen LogP contribution is 2.44. The number of hydrogen-bond donors (Lipinski definition) is 1. The van der Waals surface area contributed by atoms with E-state index in [0.717, 1.165) is 68.2 Å². The Bertz CT molecular complexity index is 1160. The van der Waals surface area contributed by atoms with Crippen LogP contribution in [0.15, 0.2) is 59.0 Å². The van der Waals surface area contributed by atoms with Gasteiger partial charge in [0.25, 0.3) is 11.8 Å². The average Bonchev–Trinajstić information content (AvgIpc) is 3.39. The van der Waals surface area contributed by atoms with Gasteiger partial charge in [0, 0.05) is 24.7 Å². The number of halogens is 2. The Morgan fingerprint density at radius 3 is 2.35 bits per heavy atom. The van der Waals surface area contributed by atoms with Gasteiger partial charge in [-0.2, -0.15) is 0 Å². The molecular formula is C29H35BrFN3O3. The van der Waals surface area contributed by atoms with E-state index in [1.807, 2.05) is 30.3 Å². The molecule has 1 saturated carbocycles. The normalized spacial score (nSPS) is 27.3. The van der Waals surface area contributed by atoms with Gasteiger partial charge in [-0.05, 0) is 42.7 Å². The Morgan fingerprint density at radius 1 is 0.946 bits per heavy atom. The minimum Gasteiger partial charge on any atom is -1.00 e. The molecule has 37 heavy (non-hydrogen) atoms. The summed E-state index contributed by atoms with van der Waals surface area (Å²) in [5, 5.41) is 21.0. The first-order chi connectivity index (χ1) is 17.5. The molecule has 3 aromatic rings. The standard InChI is InChI=1S/C29H35FN3O3.BrH/c30-24-11-13-25(14-12-24)35-26-19-33(17-15-21(26)16-18-33)20-27-31-32-28(36-27)29(34,22-7-3-1-4-8-22)23-9-5-2-6-10-23;/h1,3-4,7-8,11-14,21,23,26,34H,2,5-6,9-10,15-20H2;1H/q+1;/p-1/t21?,26?,29-,33?;/m0./s1. The second-order valence-corrected chi connectivity index (χ2v) is 11.0. The van der Waals surface area contributed by atoms with Crippen molar-refractivity contribution in [3.05, 3.63) is 77.8 Å². The van der Waals surface area contributed by atoms with Crippen molar-refractivity contribution in [2.24, 2.45) is 11.8 Å². The van der Waals surface area contributed by atoms with E-state index in [4.69, 9.17) is 9.15 Å². The van der Waals surface area contributed by atoms with Crippen molar-refractivity contribution in [2.75, 3.05) is 19.6 Å². The fraction of sp³-hybridized carbons (Fsp3) is 0.517. The average molecular weight is 573 g/mol. The highest BCUT2D eigenvalue weighted by molar-refractivity contribution is 5.29. The smallest absolute Gasteiger partial charge is 0.271 e. The summed E-state index contributed by atoms with van der Waals surface area (Å²) < 4.78 is 26.8. The van der Waals surface area contributed by atoms with E-state index in [2.05, 4.69) is 10.2 Å². The Kier molecular flexibility index (Phi) is 7.70. The monoisotopic (exact) mass is 571 g/mol. The van der Waals surface area contributed by atoms with Gasteiger partial charge in [0.1, 0.15) is 18.1 Å². The van der Waals surface area contributed by atoms with Crippen LogP contribution in [-0.2, 0) is 12.1 Å². The van der Waals surface area contributed by atoms with Gasteiger partial charge in [0.05, 0.1) is 13.1 Å². The maximum Gasteiger partial charge on any atom is 0.271 e. The van der Waals surface area contributed by atoms with Gasteiger partial charge in [-0.3, -0.25) is 0 Å². The van der Waals surface area contributed by atoms with Crippen LogP contribution in [0.2, 0.25) is 0 Å². The van der Waals surface area contributed by atoms with Gasteiger partial charge >= 0.3 is 0 Å². The molecule has 4 heterocycles. The first-order valence-corrected chi connectivity index (χ1v) is 13.4. The van der Waals surface area contributed by atoms with Crippen LogP contribution in [0.3, 0.4) is 0 Å². The summed E-state index contributed by atoms with van der Waals surface area (Å²) in [5.41, 5.74) is -0.443. The van der Waals surface area contributed by atoms with Crippen molar-refractivity contribution in [1.29, 1.82) is 0 Å². The van der Waals surface area contributed by atoms with Crippen molar-refractivity contribution in [3.63, 3.8) is 0 Å². The highest BCUT2D eigenvalue weighted by Gasteiger charge is 2.49. The zero-order chi connectivity index (χ0) is 24.6. The van der Waals surface area contributed by atoms with Crippen molar-refractivity contribution in [1.82, 2.24) is 10.2 Å². The van der Waals surface area contributed by atoms with Gasteiger partial charge in [-0.1, -0.05) is 49.6 Å². The molecule has 7 rings (SSSR count). The second-order valence-electron chi connectivity index (χ2n) is 11.0. The van der Waals surface area contributed by atoms with Gasteiger partial charge < -0.3 is 35.7 Å². The third kappa shape index (κ3) is 5.20. The van der Waals surface area contributed by atoms with Gasteiger partial charge in [-0.15, -0.1) is 10.2 Å². The topological polar surface area (TPSA) is 68.4 Å². The molecule has 2 bridgehead atoms. The number of quaternary nitrogens is 1. The first-order valence-electron chi connectivity index (χ1n) is 13.4. The summed E-state index contributed by atoms with van der Waals surface area (Å²) >= 11 is 0. The van der Waals surface area contributed by atoms with E-state index in [9.17, 15) is 9.50 Å². The molecule has 2 aromatic carbocycles. The number of ether oxygens (including phenoxy) is 1. The molecule has 4 fully saturated rings. The Hall–Kier alpha value is -2.29. The lowest BCUT2D eigenvalue weighted by molar-refractivity contribution is -0.959. The van der Waals surface area contributed by atoms with E-state index >= 15 is 0 Å². The Balaban J connectivity index is 0.00000280. The van der Waals surface area contributed by atoms with Gasteiger partial charge in [-0.25, -0.2) is 4.39 Å². The molecule has 4 aliphatic rings. The maximum atomic E-state index is 13.3. The van der Waals surface area contributed by atoms with Crippen LogP contribution in [0.4, 0.5) is 4.39 Å². The fourth-order valence-corrected chi connectivity index (χ4v) is 6.77. The number of hydrogen-bond acceptors (Lipinski definition) is 5. The molecule has 1 aromatic heterocycles. The summed E-state index contributed by atoms with van der Waals surface area (Å²) in [4.78, 5) is 0. The molecule has 198 valence electrons. The van der Waals surface area contributed by atoms with Crippen LogP contribution in [0.5, 0.6) is 5.75 Å². The number of benzene rings is 2. The zero-order valence-corrected chi connectivity index (χ0v) is 22.7. The molecule has 8 heteroatoms. The van der Waals surface area contributed by atoms with E-state index in [1.165, 1.54) is 18.6 Å². The second kappa shape index (κ2) is 10.8. The summed E-state index contributed by atoms with van der Waals surface area (Å²) in [6, 6.07) is 16.1. The van der Waals surface area contributed by atoms with E-state index in [0.29, 0.717) is 30.0 Å². The van der Waals surface area contributed by atoms with Crippen LogP contribution in [0, 0.1) is 17.7 Å². The van der Waals surface area contributed by atoms with Crippen molar-refractivity contribution >= 4 is 0 Å². The number of aliphatic hydroxyl groups is 1. The molecule has 3 aliphatic heterocycles. The number of nitrogens with zero attached hydrogens (tertiary/aromatic N) is 3. The molecule has 0 amide bonds. The van der Waals surface area contributed by atoms with Crippen LogP contribution in [-0.4, -0.2) is 45.5 Å². The molecule has 6 nitrogen and oxygen atoms in total. The maximum absolute atomic E-state index is 13.3. The molecule has 0 spiro atoms. The zero-order valence-electron chi connectivity index (χ0n) is 21.1. The molecule has 2 atom stereocenters. The third-order valence-electron chi connectivity index (χ3n) is 8.82. The lowest BCUT2D eigenvalue weighted by Gasteiger charge is -2.51. The lowest BCUT2D eigenvalue weighted by atomic mass is 9.73. The first kappa shape index (κ1) is 26.3. The molecule has 3 saturated heterocycles. The largest absolute Gasteiger partial charge is 1.00 e. The SMILES string of the molecule is O[C@](c1ccccc1)(c1nnc(C[N+]23CCC(CC2)C(Oc2ccc(F)cc2)C3)o1)C1CCCCC1.[Br-]. The van der Waals surface area contributed by atoms with Crippen molar-refractivity contribution in [3.8, 4) is 5.75 Å². The predicted octanol–water partition coefficient (Wildman–Crippen LogP) is 2.22. The summed E-state index contributed by atoms with van der Waals surface area (Å²) in [6.45, 7) is 3.61. The lowest BCUT2D eigenvalue weighted by Crippen LogP contribution is -3.00. The molecule has 1 unspecified atom stereocenters. The van der Waals surface area contributed by atoms with E-state index in [1.54, 1.807) is 12.1 Å². The molecule has 1 N–H and O–H groups in total. The summed E-state index contributed by atoms with van der Waals surface area (Å²) in [7, 11) is 0. The van der Waals surface area contributed by atoms with Crippen molar-refractivity contribution < 1.29 is 40.1 Å². The fourth-order valence-electron chi connectivity index (χ4n) is 6.77. The highest BCUT2D eigenvalue weighted by atomic mass is 79.9. The number of aromatic nitrogens is 2. The van der Waals surface area contributed by atoms with Crippen LogP contribution in [0.1, 0.15) is 62.3 Å². The predicted molar refractivity (Wildman–Crippen MR) is 132 cm³/mol. The molecular weight excluding hydrogens is 537 g/mol. The van der Waals surface area contributed by atoms with Crippen LogP contribution in [0.25, 0.3) is 0 Å².